The zero-order valence-electron chi connectivity index (χ0n) is 12.5. The molecule has 0 fully saturated rings. The smallest absolute Gasteiger partial charge is 0.265 e. The fourth-order valence-corrected chi connectivity index (χ4v) is 3.31. The Morgan fingerprint density at radius 2 is 1.95 bits per heavy atom. The van der Waals surface area contributed by atoms with Crippen molar-refractivity contribution < 1.29 is 9.53 Å². The highest BCUT2D eigenvalue weighted by Gasteiger charge is 2.12. The molecule has 1 aromatic carbocycles. The molecule has 5 heteroatoms. The zero-order valence-corrected chi connectivity index (χ0v) is 14.9. The number of ether oxygens (including phenoxy) is 1. The molecule has 2 rings (SSSR count). The van der Waals surface area contributed by atoms with Gasteiger partial charge in [0.2, 0.25) is 0 Å². The van der Waals surface area contributed by atoms with Crippen LogP contribution in [0.1, 0.15) is 34.6 Å². The molecule has 2 aromatic rings. The summed E-state index contributed by atoms with van der Waals surface area (Å²) >= 11 is 4.88. The SMILES string of the molecule is Cc1cc(OC(C)C)ccc1NC(=O)c1cc(C)c(Br)s1. The highest BCUT2D eigenvalue weighted by Crippen LogP contribution is 2.29. The first kappa shape index (κ1) is 16.0. The summed E-state index contributed by atoms with van der Waals surface area (Å²) in [5.41, 5.74) is 2.86. The van der Waals surface area contributed by atoms with Crippen molar-refractivity contribution in [2.24, 2.45) is 0 Å². The molecule has 112 valence electrons. The maximum Gasteiger partial charge on any atom is 0.265 e. The number of thiophene rings is 1. The second-order valence-corrected chi connectivity index (χ2v) is 7.53. The molecule has 0 saturated carbocycles. The van der Waals surface area contributed by atoms with Crippen LogP contribution in [0, 0.1) is 13.8 Å². The molecule has 0 saturated heterocycles. The minimum Gasteiger partial charge on any atom is -0.491 e. The molecule has 0 atom stereocenters. The van der Waals surface area contributed by atoms with Gasteiger partial charge in [-0.05, 0) is 79.0 Å². The second kappa shape index (κ2) is 6.62. The number of amides is 1. The van der Waals surface area contributed by atoms with Crippen molar-refractivity contribution >= 4 is 38.9 Å². The maximum absolute atomic E-state index is 12.2. The molecule has 3 nitrogen and oxygen atoms in total. The first-order valence-corrected chi connectivity index (χ1v) is 8.32. The summed E-state index contributed by atoms with van der Waals surface area (Å²) < 4.78 is 6.63. The first-order valence-electron chi connectivity index (χ1n) is 6.71. The van der Waals surface area contributed by atoms with Crippen LogP contribution < -0.4 is 10.1 Å². The summed E-state index contributed by atoms with van der Waals surface area (Å²) in [5.74, 6) is 0.727. The van der Waals surface area contributed by atoms with E-state index in [4.69, 9.17) is 4.74 Å². The van der Waals surface area contributed by atoms with Crippen LogP contribution in [-0.4, -0.2) is 12.0 Å². The quantitative estimate of drug-likeness (QED) is 0.809. The van der Waals surface area contributed by atoms with E-state index in [9.17, 15) is 4.79 Å². The molecule has 0 aliphatic rings. The van der Waals surface area contributed by atoms with Gasteiger partial charge in [0, 0.05) is 5.69 Å². The van der Waals surface area contributed by atoms with Crippen LogP contribution in [0.3, 0.4) is 0 Å². The molecular formula is C16H18BrNO2S. The first-order chi connectivity index (χ1) is 9.86. The van der Waals surface area contributed by atoms with Crippen LogP contribution >= 0.6 is 27.3 Å². The van der Waals surface area contributed by atoms with Crippen LogP contribution in [0.15, 0.2) is 28.1 Å². The molecule has 0 aliphatic carbocycles. The Morgan fingerprint density at radius 3 is 2.48 bits per heavy atom. The van der Waals surface area contributed by atoms with Crippen molar-refractivity contribution in [2.75, 3.05) is 5.32 Å². The predicted molar refractivity (Wildman–Crippen MR) is 91.7 cm³/mol. The molecule has 0 bridgehead atoms. The van der Waals surface area contributed by atoms with Crippen LogP contribution in [-0.2, 0) is 0 Å². The number of aryl methyl sites for hydroxylation is 2. The van der Waals surface area contributed by atoms with Crippen molar-refractivity contribution in [1.29, 1.82) is 0 Å². The summed E-state index contributed by atoms with van der Waals surface area (Å²) in [6.45, 7) is 7.91. The van der Waals surface area contributed by atoms with Crippen LogP contribution in [0.5, 0.6) is 5.75 Å². The van der Waals surface area contributed by atoms with E-state index < -0.39 is 0 Å². The molecule has 0 radical (unpaired) electrons. The molecule has 21 heavy (non-hydrogen) atoms. The van der Waals surface area contributed by atoms with Crippen molar-refractivity contribution in [3.63, 3.8) is 0 Å². The second-order valence-electron chi connectivity index (χ2n) is 5.16. The van der Waals surface area contributed by atoms with Gasteiger partial charge in [0.25, 0.3) is 5.91 Å². The summed E-state index contributed by atoms with van der Waals surface area (Å²) in [5, 5.41) is 2.94. The summed E-state index contributed by atoms with van der Waals surface area (Å²) in [6.07, 6.45) is 0.135. The molecular weight excluding hydrogens is 350 g/mol. The lowest BCUT2D eigenvalue weighted by atomic mass is 10.2. The number of benzene rings is 1. The van der Waals surface area contributed by atoms with Gasteiger partial charge in [0.15, 0.2) is 0 Å². The Labute approximate surface area is 137 Å². The Morgan fingerprint density at radius 1 is 1.24 bits per heavy atom. The molecule has 1 heterocycles. The topological polar surface area (TPSA) is 38.3 Å². The van der Waals surface area contributed by atoms with Gasteiger partial charge in [0.05, 0.1) is 14.8 Å². The highest BCUT2D eigenvalue weighted by atomic mass is 79.9. The molecule has 1 aromatic heterocycles. The van der Waals surface area contributed by atoms with E-state index in [-0.39, 0.29) is 12.0 Å². The van der Waals surface area contributed by atoms with Gasteiger partial charge >= 0.3 is 0 Å². The fraction of sp³-hybridized carbons (Fsp3) is 0.312. The van der Waals surface area contributed by atoms with E-state index in [0.717, 1.165) is 26.4 Å². The third-order valence-electron chi connectivity index (χ3n) is 2.90. The van der Waals surface area contributed by atoms with Crippen molar-refractivity contribution in [3.8, 4) is 5.75 Å². The van der Waals surface area contributed by atoms with Crippen LogP contribution in [0.4, 0.5) is 5.69 Å². The number of anilines is 1. The predicted octanol–water partition coefficient (Wildman–Crippen LogP) is 5.17. The number of carbonyl (C=O) groups is 1. The zero-order chi connectivity index (χ0) is 15.6. The van der Waals surface area contributed by atoms with Gasteiger partial charge < -0.3 is 10.1 Å². The van der Waals surface area contributed by atoms with Gasteiger partial charge in [-0.15, -0.1) is 11.3 Å². The van der Waals surface area contributed by atoms with Gasteiger partial charge in [-0.2, -0.15) is 0 Å². The van der Waals surface area contributed by atoms with Crippen molar-refractivity contribution in [3.05, 3.63) is 44.1 Å². The van der Waals surface area contributed by atoms with Gasteiger partial charge in [-0.1, -0.05) is 0 Å². The van der Waals surface area contributed by atoms with Crippen molar-refractivity contribution in [2.45, 2.75) is 33.8 Å². The van der Waals surface area contributed by atoms with Crippen molar-refractivity contribution in [1.82, 2.24) is 0 Å². The van der Waals surface area contributed by atoms with Gasteiger partial charge in [-0.3, -0.25) is 4.79 Å². The average molecular weight is 368 g/mol. The number of carbonyl (C=O) groups excluding carboxylic acids is 1. The summed E-state index contributed by atoms with van der Waals surface area (Å²) in [4.78, 5) is 12.9. The number of hydrogen-bond acceptors (Lipinski definition) is 3. The minimum atomic E-state index is -0.0885. The van der Waals surface area contributed by atoms with Crippen LogP contribution in [0.25, 0.3) is 0 Å². The van der Waals surface area contributed by atoms with E-state index >= 15 is 0 Å². The fourth-order valence-electron chi connectivity index (χ4n) is 1.88. The summed E-state index contributed by atoms with van der Waals surface area (Å²) in [6, 6.07) is 7.57. The molecule has 0 aliphatic heterocycles. The third kappa shape index (κ3) is 4.08. The number of nitrogens with one attached hydrogen (secondary N) is 1. The Balaban J connectivity index is 2.14. The summed E-state index contributed by atoms with van der Waals surface area (Å²) in [7, 11) is 0. The average Bonchev–Trinajstić information content (AvgIpc) is 2.72. The minimum absolute atomic E-state index is 0.0885. The Kier molecular flexibility index (Phi) is 5.06. The highest BCUT2D eigenvalue weighted by molar-refractivity contribution is 9.11. The maximum atomic E-state index is 12.2. The Hall–Kier alpha value is -1.33. The number of hydrogen-bond donors (Lipinski definition) is 1. The van der Waals surface area contributed by atoms with E-state index in [1.54, 1.807) is 0 Å². The molecule has 0 spiro atoms. The molecule has 0 unspecified atom stereocenters. The standard InChI is InChI=1S/C16H18BrNO2S/c1-9(2)20-12-5-6-13(10(3)7-12)18-16(19)14-8-11(4)15(17)21-14/h5-9H,1-4H3,(H,18,19). The third-order valence-corrected chi connectivity index (χ3v) is 5.03. The normalized spacial score (nSPS) is 10.8. The Bertz CT molecular complexity index is 645. The largest absolute Gasteiger partial charge is 0.491 e. The van der Waals surface area contributed by atoms with E-state index in [1.807, 2.05) is 52.0 Å². The monoisotopic (exact) mass is 367 g/mol. The van der Waals surface area contributed by atoms with E-state index in [0.29, 0.717) is 4.88 Å². The van der Waals surface area contributed by atoms with Gasteiger partial charge in [-0.25, -0.2) is 0 Å². The lowest BCUT2D eigenvalue weighted by molar-refractivity contribution is 0.103. The van der Waals surface area contributed by atoms with E-state index in [2.05, 4.69) is 21.2 Å². The number of halogens is 1. The van der Waals surface area contributed by atoms with E-state index in [1.165, 1.54) is 11.3 Å². The lowest BCUT2D eigenvalue weighted by Gasteiger charge is -2.13. The molecule has 1 amide bonds. The lowest BCUT2D eigenvalue weighted by Crippen LogP contribution is -2.11. The number of rotatable bonds is 4. The van der Waals surface area contributed by atoms with Crippen LogP contribution in [0.2, 0.25) is 0 Å². The van der Waals surface area contributed by atoms with Gasteiger partial charge in [0.1, 0.15) is 5.75 Å². The molecule has 1 N–H and O–H groups in total.